The van der Waals surface area contributed by atoms with Gasteiger partial charge in [-0.3, -0.25) is 14.2 Å². The maximum atomic E-state index is 13.5. The number of hydrogen-bond acceptors (Lipinski definition) is 6. The van der Waals surface area contributed by atoms with Gasteiger partial charge < -0.3 is 19.9 Å². The first-order chi connectivity index (χ1) is 15.9. The molecular formula is C25H31N5O3. The van der Waals surface area contributed by atoms with Crippen LogP contribution in [0.25, 0.3) is 11.0 Å². The molecule has 3 heterocycles. The fourth-order valence-corrected chi connectivity index (χ4v) is 4.26. The van der Waals surface area contributed by atoms with Gasteiger partial charge in [0.1, 0.15) is 17.1 Å². The number of ketones is 1. The summed E-state index contributed by atoms with van der Waals surface area (Å²) < 4.78 is 8.60. The minimum absolute atomic E-state index is 0.0906. The van der Waals surface area contributed by atoms with E-state index in [0.29, 0.717) is 28.9 Å². The molecule has 0 radical (unpaired) electrons. The second-order valence-corrected chi connectivity index (χ2v) is 8.81. The number of nitrogens with two attached hydrogens (primary N) is 1. The Bertz CT molecular complexity index is 1250. The number of hydrogen-bond donors (Lipinski definition) is 1. The molecule has 2 N–H and O–H groups in total. The molecule has 0 unspecified atom stereocenters. The highest BCUT2D eigenvalue weighted by atomic mass is 16.5. The first kappa shape index (κ1) is 22.8. The van der Waals surface area contributed by atoms with Crippen LogP contribution in [0.3, 0.4) is 0 Å². The molecule has 0 amide bonds. The van der Waals surface area contributed by atoms with Crippen molar-refractivity contribution in [2.75, 3.05) is 25.1 Å². The molecule has 1 aliphatic heterocycles. The van der Waals surface area contributed by atoms with Crippen molar-refractivity contribution in [3.05, 3.63) is 64.2 Å². The normalized spacial score (nSPS) is 16.1. The van der Waals surface area contributed by atoms with Crippen LogP contribution in [0.1, 0.15) is 37.0 Å². The standard InChI is InChI=1S/C25H31N5O3/c1-17(2)9-11-30-23(28-10-5-7-19(26)14-28)13-21-24(30)25(32)29(16-27-21)15-22(31)18-6-4-8-20(12-18)33-3/h4,6,8-9,12-13,16,19H,5,7,10-11,14-15,26H2,1-3H3/t19-/m0/s1. The molecule has 1 aromatic carbocycles. The lowest BCUT2D eigenvalue weighted by atomic mass is 10.1. The van der Waals surface area contributed by atoms with E-state index in [9.17, 15) is 9.59 Å². The van der Waals surface area contributed by atoms with Gasteiger partial charge in [-0.25, -0.2) is 4.98 Å². The zero-order valence-electron chi connectivity index (χ0n) is 19.5. The maximum Gasteiger partial charge on any atom is 0.278 e. The predicted molar refractivity (Wildman–Crippen MR) is 130 cm³/mol. The molecule has 0 bridgehead atoms. The monoisotopic (exact) mass is 449 g/mol. The smallest absolute Gasteiger partial charge is 0.278 e. The molecule has 1 atom stereocenters. The molecule has 174 valence electrons. The van der Waals surface area contributed by atoms with Gasteiger partial charge in [-0.2, -0.15) is 0 Å². The van der Waals surface area contributed by atoms with Gasteiger partial charge in [-0.1, -0.05) is 23.8 Å². The second-order valence-electron chi connectivity index (χ2n) is 8.81. The molecule has 0 spiro atoms. The van der Waals surface area contributed by atoms with Crippen LogP contribution < -0.4 is 20.9 Å². The van der Waals surface area contributed by atoms with E-state index >= 15 is 0 Å². The highest BCUT2D eigenvalue weighted by Gasteiger charge is 2.23. The molecule has 8 heteroatoms. The molecule has 3 aromatic rings. The van der Waals surface area contributed by atoms with Gasteiger partial charge in [-0.15, -0.1) is 0 Å². The molecule has 4 rings (SSSR count). The zero-order valence-corrected chi connectivity index (χ0v) is 19.5. The van der Waals surface area contributed by atoms with Gasteiger partial charge in [0.25, 0.3) is 5.56 Å². The number of anilines is 1. The Morgan fingerprint density at radius 3 is 2.85 bits per heavy atom. The van der Waals surface area contributed by atoms with E-state index in [2.05, 4.69) is 16.0 Å². The number of benzene rings is 1. The molecule has 1 aliphatic rings. The van der Waals surface area contributed by atoms with Gasteiger partial charge >= 0.3 is 0 Å². The molecule has 1 fully saturated rings. The number of ether oxygens (including phenoxy) is 1. The Labute approximate surface area is 193 Å². The molecular weight excluding hydrogens is 418 g/mol. The quantitative estimate of drug-likeness (QED) is 0.440. The van der Waals surface area contributed by atoms with Gasteiger partial charge in [0.05, 0.1) is 25.5 Å². The molecule has 2 aromatic heterocycles. The fourth-order valence-electron chi connectivity index (χ4n) is 4.26. The lowest BCUT2D eigenvalue weighted by molar-refractivity contribution is 0.0970. The number of allylic oxidation sites excluding steroid dienone is 2. The van der Waals surface area contributed by atoms with Crippen molar-refractivity contribution in [3.8, 4) is 5.75 Å². The fraction of sp³-hybridized carbons (Fsp3) is 0.400. The van der Waals surface area contributed by atoms with E-state index in [1.165, 1.54) is 10.9 Å². The second kappa shape index (κ2) is 9.62. The molecule has 0 aliphatic carbocycles. The Hall–Kier alpha value is -3.39. The topological polar surface area (TPSA) is 95.4 Å². The summed E-state index contributed by atoms with van der Waals surface area (Å²) in [5.74, 6) is 1.36. The van der Waals surface area contributed by atoms with Crippen LogP contribution in [0, 0.1) is 0 Å². The van der Waals surface area contributed by atoms with E-state index in [0.717, 1.165) is 37.3 Å². The number of piperidine rings is 1. The molecule has 8 nitrogen and oxygen atoms in total. The van der Waals surface area contributed by atoms with Crippen molar-refractivity contribution in [3.63, 3.8) is 0 Å². The number of rotatable bonds is 7. The first-order valence-electron chi connectivity index (χ1n) is 11.3. The lowest BCUT2D eigenvalue weighted by Crippen LogP contribution is -2.43. The summed E-state index contributed by atoms with van der Waals surface area (Å²) in [6, 6.07) is 9.00. The summed E-state index contributed by atoms with van der Waals surface area (Å²) >= 11 is 0. The van der Waals surface area contributed by atoms with E-state index in [-0.39, 0.29) is 23.9 Å². The summed E-state index contributed by atoms with van der Waals surface area (Å²) in [4.78, 5) is 33.2. The summed E-state index contributed by atoms with van der Waals surface area (Å²) in [5.41, 5.74) is 8.77. The van der Waals surface area contributed by atoms with Crippen LogP contribution in [0.5, 0.6) is 5.75 Å². The Morgan fingerprint density at radius 2 is 2.12 bits per heavy atom. The summed E-state index contributed by atoms with van der Waals surface area (Å²) in [6.45, 7) is 6.16. The Morgan fingerprint density at radius 1 is 1.30 bits per heavy atom. The minimum Gasteiger partial charge on any atom is -0.497 e. The largest absolute Gasteiger partial charge is 0.497 e. The third kappa shape index (κ3) is 4.85. The number of carbonyl (C=O) groups is 1. The van der Waals surface area contributed by atoms with Gasteiger partial charge in [0, 0.05) is 37.3 Å². The third-order valence-corrected chi connectivity index (χ3v) is 6.02. The van der Waals surface area contributed by atoms with Crippen molar-refractivity contribution in [1.82, 2.24) is 14.1 Å². The molecule has 0 saturated carbocycles. The SMILES string of the molecule is COc1cccc(C(=O)Cn2cnc3cc(N4CCC[C@H](N)C4)n(CC=C(C)C)c3c2=O)c1. The number of nitrogens with zero attached hydrogens (tertiary/aromatic N) is 4. The number of Topliss-reactive ketones (excluding diaryl/α,β-unsaturated/α-hetero) is 1. The average Bonchev–Trinajstić information content (AvgIpc) is 3.19. The van der Waals surface area contributed by atoms with Crippen LogP contribution in [-0.2, 0) is 13.1 Å². The van der Waals surface area contributed by atoms with Crippen LogP contribution in [0.2, 0.25) is 0 Å². The Balaban J connectivity index is 1.75. The van der Waals surface area contributed by atoms with E-state index in [1.54, 1.807) is 31.4 Å². The lowest BCUT2D eigenvalue weighted by Gasteiger charge is -2.33. The van der Waals surface area contributed by atoms with E-state index < -0.39 is 0 Å². The van der Waals surface area contributed by atoms with Crippen molar-refractivity contribution in [1.29, 1.82) is 0 Å². The van der Waals surface area contributed by atoms with Crippen molar-refractivity contribution in [2.24, 2.45) is 5.73 Å². The molecule has 1 saturated heterocycles. The van der Waals surface area contributed by atoms with Gasteiger partial charge in [0.15, 0.2) is 5.78 Å². The highest BCUT2D eigenvalue weighted by molar-refractivity contribution is 5.96. The Kier molecular flexibility index (Phi) is 6.65. The van der Waals surface area contributed by atoms with Gasteiger partial charge in [0.2, 0.25) is 0 Å². The van der Waals surface area contributed by atoms with Crippen molar-refractivity contribution < 1.29 is 9.53 Å². The van der Waals surface area contributed by atoms with E-state index in [4.69, 9.17) is 10.5 Å². The number of carbonyl (C=O) groups excluding carboxylic acids is 1. The average molecular weight is 450 g/mol. The predicted octanol–water partition coefficient (Wildman–Crippen LogP) is 2.98. The van der Waals surface area contributed by atoms with Crippen molar-refractivity contribution >= 4 is 22.6 Å². The van der Waals surface area contributed by atoms with Crippen LogP contribution >= 0.6 is 0 Å². The van der Waals surface area contributed by atoms with Gasteiger partial charge in [-0.05, 0) is 38.8 Å². The zero-order chi connectivity index (χ0) is 23.5. The number of methoxy groups -OCH3 is 1. The first-order valence-corrected chi connectivity index (χ1v) is 11.3. The van der Waals surface area contributed by atoms with Crippen LogP contribution in [0.15, 0.2) is 53.1 Å². The number of aromatic nitrogens is 3. The van der Waals surface area contributed by atoms with Crippen molar-refractivity contribution in [2.45, 2.75) is 45.8 Å². The van der Waals surface area contributed by atoms with E-state index in [1.807, 2.05) is 24.5 Å². The molecule has 33 heavy (non-hydrogen) atoms. The third-order valence-electron chi connectivity index (χ3n) is 6.02. The number of fused-ring (bicyclic) bond motifs is 1. The summed E-state index contributed by atoms with van der Waals surface area (Å²) in [6.07, 6.45) is 5.56. The highest BCUT2D eigenvalue weighted by Crippen LogP contribution is 2.26. The summed E-state index contributed by atoms with van der Waals surface area (Å²) in [7, 11) is 1.55. The van der Waals surface area contributed by atoms with Crippen LogP contribution in [-0.4, -0.2) is 46.1 Å². The summed E-state index contributed by atoms with van der Waals surface area (Å²) in [5, 5.41) is 0. The van der Waals surface area contributed by atoms with Crippen LogP contribution in [0.4, 0.5) is 5.82 Å². The minimum atomic E-state index is -0.231. The maximum absolute atomic E-state index is 13.5.